The Morgan fingerprint density at radius 3 is 2.95 bits per heavy atom. The van der Waals surface area contributed by atoms with Gasteiger partial charge in [0.15, 0.2) is 0 Å². The number of likely N-dealkylation sites (tertiary alicyclic amines) is 1. The van der Waals surface area contributed by atoms with Crippen LogP contribution in [-0.4, -0.2) is 37.1 Å². The van der Waals surface area contributed by atoms with Crippen molar-refractivity contribution in [1.29, 1.82) is 0 Å². The van der Waals surface area contributed by atoms with Gasteiger partial charge in [0, 0.05) is 19.1 Å². The van der Waals surface area contributed by atoms with E-state index in [4.69, 9.17) is 0 Å². The normalized spacial score (nSPS) is 28.7. The first-order valence-electron chi connectivity index (χ1n) is 8.36. The molecule has 0 bridgehead atoms. The lowest BCUT2D eigenvalue weighted by Crippen LogP contribution is -2.53. The summed E-state index contributed by atoms with van der Waals surface area (Å²) in [5, 5.41) is 3.59. The number of nitrogens with zero attached hydrogens (tertiary/aromatic N) is 1. The first-order chi connectivity index (χ1) is 10.2. The second-order valence-electron chi connectivity index (χ2n) is 7.04. The van der Waals surface area contributed by atoms with E-state index in [0.29, 0.717) is 11.5 Å². The van der Waals surface area contributed by atoms with Gasteiger partial charge in [0.1, 0.15) is 5.82 Å². The van der Waals surface area contributed by atoms with Crippen molar-refractivity contribution in [2.24, 2.45) is 5.41 Å². The van der Waals surface area contributed by atoms with Gasteiger partial charge < -0.3 is 5.32 Å². The van der Waals surface area contributed by atoms with Crippen molar-refractivity contribution in [3.05, 3.63) is 35.6 Å². The Morgan fingerprint density at radius 2 is 2.19 bits per heavy atom. The number of rotatable bonds is 3. The highest BCUT2D eigenvalue weighted by atomic mass is 19.1. The highest BCUT2D eigenvalue weighted by Gasteiger charge is 2.37. The Morgan fingerprint density at radius 1 is 1.33 bits per heavy atom. The van der Waals surface area contributed by atoms with Crippen LogP contribution < -0.4 is 5.32 Å². The zero-order valence-electron chi connectivity index (χ0n) is 13.1. The third-order valence-electron chi connectivity index (χ3n) is 5.30. The van der Waals surface area contributed by atoms with Crippen LogP contribution in [0.4, 0.5) is 4.39 Å². The molecule has 2 aliphatic rings. The highest BCUT2D eigenvalue weighted by Crippen LogP contribution is 2.36. The zero-order chi connectivity index (χ0) is 14.7. The second kappa shape index (κ2) is 6.45. The minimum Gasteiger partial charge on any atom is -0.316 e. The molecule has 0 radical (unpaired) electrons. The molecule has 2 unspecified atom stereocenters. The number of piperidine rings is 2. The SMILES string of the molecule is CC(Cc1cccc(F)c1)N1CCCC2(CCCNC2)C1. The Labute approximate surface area is 127 Å². The number of hydrogen-bond acceptors (Lipinski definition) is 2. The summed E-state index contributed by atoms with van der Waals surface area (Å²) in [5.41, 5.74) is 1.61. The molecule has 116 valence electrons. The fourth-order valence-electron chi connectivity index (χ4n) is 4.14. The highest BCUT2D eigenvalue weighted by molar-refractivity contribution is 5.17. The van der Waals surface area contributed by atoms with E-state index in [1.807, 2.05) is 12.1 Å². The number of hydrogen-bond donors (Lipinski definition) is 1. The van der Waals surface area contributed by atoms with Crippen LogP contribution in [-0.2, 0) is 6.42 Å². The van der Waals surface area contributed by atoms with Crippen molar-refractivity contribution in [3.8, 4) is 0 Å². The molecule has 2 aliphatic heterocycles. The molecule has 0 aromatic heterocycles. The molecule has 2 fully saturated rings. The summed E-state index contributed by atoms with van der Waals surface area (Å²) in [6.07, 6.45) is 6.29. The number of nitrogens with one attached hydrogen (secondary N) is 1. The van der Waals surface area contributed by atoms with E-state index >= 15 is 0 Å². The van der Waals surface area contributed by atoms with Gasteiger partial charge >= 0.3 is 0 Å². The summed E-state index contributed by atoms with van der Waals surface area (Å²) < 4.78 is 13.3. The molecule has 1 aromatic rings. The minimum absolute atomic E-state index is 0.119. The Hall–Kier alpha value is -0.930. The first kappa shape index (κ1) is 15.0. The lowest BCUT2D eigenvalue weighted by molar-refractivity contribution is 0.0420. The van der Waals surface area contributed by atoms with Crippen molar-refractivity contribution in [2.45, 2.75) is 45.1 Å². The molecule has 0 amide bonds. The first-order valence-corrected chi connectivity index (χ1v) is 8.36. The summed E-state index contributed by atoms with van der Waals surface area (Å²) in [5.74, 6) is -0.119. The van der Waals surface area contributed by atoms with Crippen LogP contribution >= 0.6 is 0 Å². The third kappa shape index (κ3) is 3.64. The maximum Gasteiger partial charge on any atom is 0.123 e. The standard InChI is InChI=1S/C18H27FN2/c1-15(11-16-5-2-6-17(19)12-16)21-10-4-8-18(14-21)7-3-9-20-13-18/h2,5-6,12,15,20H,3-4,7-11,13-14H2,1H3. The molecular weight excluding hydrogens is 263 g/mol. The zero-order valence-corrected chi connectivity index (χ0v) is 13.1. The summed E-state index contributed by atoms with van der Waals surface area (Å²) >= 11 is 0. The van der Waals surface area contributed by atoms with Crippen LogP contribution in [0, 0.1) is 11.2 Å². The van der Waals surface area contributed by atoms with Gasteiger partial charge in [-0.2, -0.15) is 0 Å². The Balaban J connectivity index is 1.62. The van der Waals surface area contributed by atoms with Gasteiger partial charge in [-0.1, -0.05) is 12.1 Å². The molecule has 1 spiro atoms. The molecular formula is C18H27FN2. The molecule has 2 heterocycles. The van der Waals surface area contributed by atoms with E-state index in [1.165, 1.54) is 57.9 Å². The fraction of sp³-hybridized carbons (Fsp3) is 0.667. The molecule has 0 aliphatic carbocycles. The van der Waals surface area contributed by atoms with Gasteiger partial charge in [-0.05, 0) is 75.2 Å². The van der Waals surface area contributed by atoms with E-state index in [1.54, 1.807) is 6.07 Å². The average molecular weight is 290 g/mol. The molecule has 21 heavy (non-hydrogen) atoms. The lowest BCUT2D eigenvalue weighted by Gasteiger charge is -2.47. The van der Waals surface area contributed by atoms with E-state index in [-0.39, 0.29) is 5.82 Å². The van der Waals surface area contributed by atoms with Crippen LogP contribution in [0.5, 0.6) is 0 Å². The minimum atomic E-state index is -0.119. The van der Waals surface area contributed by atoms with Gasteiger partial charge in [0.05, 0.1) is 0 Å². The average Bonchev–Trinajstić information content (AvgIpc) is 2.48. The van der Waals surface area contributed by atoms with Gasteiger partial charge in [-0.15, -0.1) is 0 Å². The van der Waals surface area contributed by atoms with Gasteiger partial charge in [0.25, 0.3) is 0 Å². The van der Waals surface area contributed by atoms with Crippen molar-refractivity contribution < 1.29 is 4.39 Å². The van der Waals surface area contributed by atoms with E-state index < -0.39 is 0 Å². The molecule has 1 N–H and O–H groups in total. The largest absolute Gasteiger partial charge is 0.316 e. The predicted octanol–water partition coefficient (Wildman–Crippen LogP) is 3.22. The topological polar surface area (TPSA) is 15.3 Å². The summed E-state index contributed by atoms with van der Waals surface area (Å²) in [7, 11) is 0. The van der Waals surface area contributed by atoms with Crippen molar-refractivity contribution in [1.82, 2.24) is 10.2 Å². The van der Waals surface area contributed by atoms with E-state index in [2.05, 4.69) is 17.1 Å². The number of benzene rings is 1. The summed E-state index contributed by atoms with van der Waals surface area (Å²) in [6, 6.07) is 7.56. The van der Waals surface area contributed by atoms with E-state index in [9.17, 15) is 4.39 Å². The third-order valence-corrected chi connectivity index (χ3v) is 5.30. The van der Waals surface area contributed by atoms with Crippen LogP contribution in [0.25, 0.3) is 0 Å². The smallest absolute Gasteiger partial charge is 0.123 e. The number of halogens is 1. The van der Waals surface area contributed by atoms with Gasteiger partial charge in [-0.3, -0.25) is 4.90 Å². The molecule has 2 saturated heterocycles. The molecule has 2 atom stereocenters. The summed E-state index contributed by atoms with van der Waals surface area (Å²) in [4.78, 5) is 2.63. The van der Waals surface area contributed by atoms with E-state index in [0.717, 1.165) is 12.0 Å². The molecule has 2 nitrogen and oxygen atoms in total. The van der Waals surface area contributed by atoms with Crippen LogP contribution in [0.3, 0.4) is 0 Å². The van der Waals surface area contributed by atoms with Crippen LogP contribution in [0.2, 0.25) is 0 Å². The fourth-order valence-corrected chi connectivity index (χ4v) is 4.14. The van der Waals surface area contributed by atoms with Gasteiger partial charge in [-0.25, -0.2) is 4.39 Å². The molecule has 0 saturated carbocycles. The Kier molecular flexibility index (Phi) is 4.60. The monoisotopic (exact) mass is 290 g/mol. The molecule has 3 heteroatoms. The van der Waals surface area contributed by atoms with Gasteiger partial charge in [0.2, 0.25) is 0 Å². The predicted molar refractivity (Wildman–Crippen MR) is 84.9 cm³/mol. The second-order valence-corrected chi connectivity index (χ2v) is 7.04. The quantitative estimate of drug-likeness (QED) is 0.919. The van der Waals surface area contributed by atoms with Crippen molar-refractivity contribution in [2.75, 3.05) is 26.2 Å². The molecule has 3 rings (SSSR count). The molecule has 1 aromatic carbocycles. The maximum atomic E-state index is 13.3. The van der Waals surface area contributed by atoms with Crippen molar-refractivity contribution in [3.63, 3.8) is 0 Å². The summed E-state index contributed by atoms with van der Waals surface area (Å²) in [6.45, 7) is 7.05. The van der Waals surface area contributed by atoms with Crippen LogP contribution in [0.1, 0.15) is 38.2 Å². The maximum absolute atomic E-state index is 13.3. The Bertz CT molecular complexity index is 463. The van der Waals surface area contributed by atoms with Crippen LogP contribution in [0.15, 0.2) is 24.3 Å². The lowest BCUT2D eigenvalue weighted by atomic mass is 9.74. The van der Waals surface area contributed by atoms with Crippen molar-refractivity contribution >= 4 is 0 Å².